The largest absolute Gasteiger partial charge is 0.479 e. The summed E-state index contributed by atoms with van der Waals surface area (Å²) in [6.45, 7) is 1.56. The van der Waals surface area contributed by atoms with Crippen molar-refractivity contribution in [2.45, 2.75) is 81.3 Å². The lowest BCUT2D eigenvalue weighted by atomic mass is 9.96. The number of aliphatic hydroxyl groups is 3. The Balaban J connectivity index is 2.51. The summed E-state index contributed by atoms with van der Waals surface area (Å²) >= 11 is 0. The Kier molecular flexibility index (Phi) is 11.1. The average molecular weight is 638 g/mol. The molecule has 39 heavy (non-hydrogen) atoms. The number of carboxylic acids is 1. The summed E-state index contributed by atoms with van der Waals surface area (Å²) in [7, 11) is -15.8. The van der Waals surface area contributed by atoms with Crippen LogP contribution in [0.15, 0.2) is 0 Å². The Labute approximate surface area is 221 Å². The molecule has 2 fully saturated rings. The second kappa shape index (κ2) is 12.8. The minimum atomic E-state index is -5.44. The normalized spacial score (nSPS) is 36.6. The molecule has 0 amide bonds. The van der Waals surface area contributed by atoms with Gasteiger partial charge in [0.1, 0.15) is 36.6 Å². The third kappa shape index (κ3) is 9.99. The van der Waals surface area contributed by atoms with Gasteiger partial charge in [0.2, 0.25) is 0 Å². The molecule has 0 saturated carbocycles. The van der Waals surface area contributed by atoms with Crippen molar-refractivity contribution < 1.29 is 91.4 Å². The molecule has 0 radical (unpaired) electrons. The molecule has 0 spiro atoms. The van der Waals surface area contributed by atoms with Crippen LogP contribution in [0.4, 0.5) is 0 Å². The van der Waals surface area contributed by atoms with Crippen LogP contribution in [0.2, 0.25) is 0 Å². The number of aliphatic hydroxyl groups excluding tert-OH is 3. The van der Waals surface area contributed by atoms with E-state index in [-0.39, 0.29) is 0 Å². The summed E-state index contributed by atoms with van der Waals surface area (Å²) in [5.74, 6) is -1.79. The van der Waals surface area contributed by atoms with Crippen molar-refractivity contribution in [2.75, 3.05) is 6.61 Å². The van der Waals surface area contributed by atoms with Crippen molar-refractivity contribution in [3.8, 4) is 0 Å². The van der Waals surface area contributed by atoms with Gasteiger partial charge in [-0.3, -0.25) is 13.7 Å². The number of nitrogens with one attached hydrogen (secondary N) is 1. The average Bonchev–Trinajstić information content (AvgIpc) is 2.73. The summed E-state index contributed by atoms with van der Waals surface area (Å²) in [6.07, 6.45) is -20.6. The summed E-state index contributed by atoms with van der Waals surface area (Å²) in [5.41, 5.74) is 0. The second-order valence-electron chi connectivity index (χ2n) is 8.38. The lowest BCUT2D eigenvalue weighted by Gasteiger charge is -2.47. The number of hydrogen-bond donors (Lipinski definition) is 8. The molecule has 0 aromatic heterocycles. The van der Waals surface area contributed by atoms with Crippen LogP contribution in [0.25, 0.3) is 0 Å². The van der Waals surface area contributed by atoms with Gasteiger partial charge in [0.25, 0.3) is 0 Å². The summed E-state index contributed by atoms with van der Waals surface area (Å²) in [6, 6.07) is -2.17. The monoisotopic (exact) mass is 637 g/mol. The fraction of sp³-hybridized carbons (Fsp3) is 0.933. The predicted octanol–water partition coefficient (Wildman–Crippen LogP) is -4.82. The Hall–Kier alpha value is -1.20. The second-order valence-corrected chi connectivity index (χ2v) is 11.7. The van der Waals surface area contributed by atoms with Gasteiger partial charge in [0.05, 0.1) is 12.7 Å². The zero-order valence-electron chi connectivity index (χ0n) is 19.7. The molecule has 2 aliphatic heterocycles. The molecule has 230 valence electrons. The highest BCUT2D eigenvalue weighted by Crippen LogP contribution is 2.32. The summed E-state index contributed by atoms with van der Waals surface area (Å²) in [4.78, 5) is 11.8. The van der Waals surface area contributed by atoms with Crippen LogP contribution >= 0.6 is 0 Å². The van der Waals surface area contributed by atoms with Crippen molar-refractivity contribution in [2.24, 2.45) is 0 Å². The van der Waals surface area contributed by atoms with E-state index in [0.717, 1.165) is 0 Å². The van der Waals surface area contributed by atoms with Crippen molar-refractivity contribution in [3.05, 3.63) is 0 Å². The third-order valence-corrected chi connectivity index (χ3v) is 6.55. The molecular formula is C15H27NO20S3. The maximum absolute atomic E-state index is 11.8. The Morgan fingerprint density at radius 3 is 1.95 bits per heavy atom. The van der Waals surface area contributed by atoms with E-state index >= 15 is 0 Å². The van der Waals surface area contributed by atoms with E-state index in [0.29, 0.717) is 0 Å². The molecule has 24 heteroatoms. The zero-order chi connectivity index (χ0) is 30.1. The topological polar surface area (TPSA) is 329 Å². The first-order valence-corrected chi connectivity index (χ1v) is 14.7. The predicted molar refractivity (Wildman–Crippen MR) is 116 cm³/mol. The smallest absolute Gasteiger partial charge is 0.397 e. The Morgan fingerprint density at radius 1 is 0.897 bits per heavy atom. The van der Waals surface area contributed by atoms with Crippen LogP contribution in [-0.2, 0) is 63.2 Å². The van der Waals surface area contributed by atoms with E-state index < -0.39 is 111 Å². The minimum absolute atomic E-state index is 0.775. The third-order valence-electron chi connectivity index (χ3n) is 5.08. The number of ether oxygens (including phenoxy) is 4. The molecule has 21 nitrogen and oxygen atoms in total. The van der Waals surface area contributed by atoms with E-state index in [1.54, 1.807) is 0 Å². The van der Waals surface area contributed by atoms with E-state index in [9.17, 15) is 55.0 Å². The van der Waals surface area contributed by atoms with E-state index in [1.807, 2.05) is 0 Å². The van der Waals surface area contributed by atoms with Crippen LogP contribution in [0, 0.1) is 0 Å². The standard InChI is InChI=1S/C15H27NO20S3/c1-4(2)32-10-8(18)11(36-39(28,29)30)15(35-12(10)13(19)20)34-9-5(3-31-38(25,26)27)33-14(21)6(7(9)17)16-37(22,23)24/h4-12,14-18,21H,3H2,1-2H3,(H,19,20)(H,22,23,24)(H,25,26,27)(H,28,29,30)/t5?,6?,7-,8+,9+,10-,11?,12?,14-,15+/m0/s1. The van der Waals surface area contributed by atoms with E-state index in [1.165, 1.54) is 18.6 Å². The number of hydrogen-bond acceptors (Lipinski definition) is 16. The van der Waals surface area contributed by atoms with Crippen LogP contribution in [0.1, 0.15) is 13.8 Å². The Bertz CT molecular complexity index is 1170. The molecule has 10 atom stereocenters. The van der Waals surface area contributed by atoms with Crippen molar-refractivity contribution in [1.29, 1.82) is 0 Å². The van der Waals surface area contributed by atoms with Crippen molar-refractivity contribution in [3.63, 3.8) is 0 Å². The van der Waals surface area contributed by atoms with Gasteiger partial charge in [-0.1, -0.05) is 0 Å². The maximum Gasteiger partial charge on any atom is 0.397 e. The van der Waals surface area contributed by atoms with Crippen LogP contribution in [0.5, 0.6) is 0 Å². The molecule has 0 aromatic rings. The molecule has 0 aliphatic carbocycles. The highest BCUT2D eigenvalue weighted by Gasteiger charge is 2.55. The number of carboxylic acid groups (broad SMARTS) is 1. The molecule has 4 unspecified atom stereocenters. The fourth-order valence-electron chi connectivity index (χ4n) is 3.69. The molecule has 8 N–H and O–H groups in total. The lowest BCUT2D eigenvalue weighted by molar-refractivity contribution is -0.340. The molecule has 0 bridgehead atoms. The van der Waals surface area contributed by atoms with Gasteiger partial charge in [-0.25, -0.2) is 13.2 Å². The van der Waals surface area contributed by atoms with Gasteiger partial charge < -0.3 is 39.4 Å². The van der Waals surface area contributed by atoms with Crippen LogP contribution in [0.3, 0.4) is 0 Å². The van der Waals surface area contributed by atoms with Gasteiger partial charge in [0, 0.05) is 0 Å². The molecule has 2 saturated heterocycles. The Morgan fingerprint density at radius 2 is 1.49 bits per heavy atom. The highest BCUT2D eigenvalue weighted by atomic mass is 32.3. The number of rotatable bonds is 12. The quantitative estimate of drug-likeness (QED) is 0.0930. The molecule has 0 aromatic carbocycles. The first-order chi connectivity index (χ1) is 17.6. The van der Waals surface area contributed by atoms with Crippen molar-refractivity contribution >= 4 is 37.1 Å². The molecule has 2 aliphatic rings. The van der Waals surface area contributed by atoms with Crippen LogP contribution in [-0.4, -0.2) is 139 Å². The lowest BCUT2D eigenvalue weighted by Crippen LogP contribution is -2.68. The molecule has 2 rings (SSSR count). The SMILES string of the molecule is CC(C)O[C@@H]1C(C(=O)O)O[C@@H](O[C@@H]2C(COS(=O)(=O)O)O[C@H](O)C(NS(=O)(=O)O)[C@@H]2O)C(OS(=O)(=O)O)[C@@H]1O. The summed E-state index contributed by atoms with van der Waals surface area (Å²) < 4.78 is 125. The number of aliphatic carboxylic acids is 1. The maximum atomic E-state index is 11.8. The first kappa shape index (κ1) is 34.0. The van der Waals surface area contributed by atoms with Gasteiger partial charge in [-0.05, 0) is 13.8 Å². The highest BCUT2D eigenvalue weighted by molar-refractivity contribution is 7.83. The fourth-order valence-corrected chi connectivity index (χ4v) is 5.08. The zero-order valence-corrected chi connectivity index (χ0v) is 22.2. The van der Waals surface area contributed by atoms with Gasteiger partial charge >= 0.3 is 37.1 Å². The minimum Gasteiger partial charge on any atom is -0.479 e. The van der Waals surface area contributed by atoms with Gasteiger partial charge in [-0.15, -0.1) is 0 Å². The molecule has 2 heterocycles. The van der Waals surface area contributed by atoms with E-state index in [4.69, 9.17) is 28.1 Å². The van der Waals surface area contributed by atoms with Gasteiger partial charge in [-0.2, -0.15) is 30.0 Å². The van der Waals surface area contributed by atoms with Crippen molar-refractivity contribution in [1.82, 2.24) is 4.72 Å². The van der Waals surface area contributed by atoms with E-state index in [2.05, 4.69) is 8.37 Å². The first-order valence-electron chi connectivity index (χ1n) is 10.5. The van der Waals surface area contributed by atoms with Crippen LogP contribution < -0.4 is 4.72 Å². The summed E-state index contributed by atoms with van der Waals surface area (Å²) in [5, 5.41) is 41.0. The number of carbonyl (C=O) groups is 1. The molecular weight excluding hydrogens is 610 g/mol. The van der Waals surface area contributed by atoms with Gasteiger partial charge in [0.15, 0.2) is 24.8 Å².